The van der Waals surface area contributed by atoms with Gasteiger partial charge >= 0.3 is 0 Å². The number of benzene rings is 2. The van der Waals surface area contributed by atoms with Crippen LogP contribution in [0.25, 0.3) is 0 Å². The number of halogens is 1. The summed E-state index contributed by atoms with van der Waals surface area (Å²) in [6, 6.07) is 14.0. The van der Waals surface area contributed by atoms with Crippen molar-refractivity contribution in [3.63, 3.8) is 0 Å². The van der Waals surface area contributed by atoms with Crippen LogP contribution in [0.5, 0.6) is 5.75 Å². The highest BCUT2D eigenvalue weighted by Gasteiger charge is 2.32. The van der Waals surface area contributed by atoms with Crippen molar-refractivity contribution in [1.29, 1.82) is 0 Å². The summed E-state index contributed by atoms with van der Waals surface area (Å²) in [4.78, 5) is 12.8. The number of amides is 1. The summed E-state index contributed by atoms with van der Waals surface area (Å²) in [5.41, 5.74) is 1.91. The smallest absolute Gasteiger partial charge is 0.267 e. The third kappa shape index (κ3) is 5.13. The van der Waals surface area contributed by atoms with Crippen LogP contribution in [0.4, 0.5) is 4.39 Å². The van der Waals surface area contributed by atoms with Gasteiger partial charge in [0.1, 0.15) is 17.3 Å². The van der Waals surface area contributed by atoms with Gasteiger partial charge in [-0.05, 0) is 18.6 Å². The molecular weight excluding hydrogens is 369 g/mol. The van der Waals surface area contributed by atoms with Gasteiger partial charge in [-0.1, -0.05) is 56.2 Å². The normalized spacial score (nSPS) is 15.9. The topological polar surface area (TPSA) is 53.9 Å². The number of hydrazone groups is 1. The van der Waals surface area contributed by atoms with Gasteiger partial charge in [0.2, 0.25) is 0 Å². The first kappa shape index (κ1) is 20.8. The van der Waals surface area contributed by atoms with Crippen LogP contribution in [0.1, 0.15) is 49.8 Å². The molecule has 29 heavy (non-hydrogen) atoms. The minimum Gasteiger partial charge on any atom is -0.496 e. The number of unbranched alkanes of at least 4 members (excludes halogenated alkanes) is 2. The molecule has 0 saturated heterocycles. The molecule has 1 unspecified atom stereocenters. The molecule has 3 rings (SSSR count). The second-order valence-corrected chi connectivity index (χ2v) is 7.15. The molecule has 0 fully saturated rings. The number of methoxy groups -OCH3 is 1. The van der Waals surface area contributed by atoms with Crippen LogP contribution in [0.3, 0.4) is 0 Å². The molecule has 2 aromatic rings. The zero-order valence-electron chi connectivity index (χ0n) is 17.0. The Labute approximate surface area is 171 Å². The van der Waals surface area contributed by atoms with E-state index in [1.54, 1.807) is 19.2 Å². The molecule has 1 heterocycles. The molecule has 1 N–H and O–H groups in total. The van der Waals surface area contributed by atoms with Gasteiger partial charge in [-0.25, -0.2) is 4.39 Å². The number of hydrogen-bond acceptors (Lipinski definition) is 4. The molecule has 6 heteroatoms. The molecule has 0 saturated carbocycles. The monoisotopic (exact) mass is 397 g/mol. The zero-order chi connectivity index (χ0) is 20.6. The van der Waals surface area contributed by atoms with Gasteiger partial charge in [0.25, 0.3) is 5.91 Å². The number of ether oxygens (including phenoxy) is 1. The Balaban J connectivity index is 1.71. The van der Waals surface area contributed by atoms with Crippen molar-refractivity contribution in [3.05, 3.63) is 65.5 Å². The molecule has 0 bridgehead atoms. The van der Waals surface area contributed by atoms with Crippen molar-refractivity contribution in [2.45, 2.75) is 45.2 Å². The maximum atomic E-state index is 14.4. The van der Waals surface area contributed by atoms with E-state index in [-0.39, 0.29) is 17.8 Å². The van der Waals surface area contributed by atoms with Crippen LogP contribution in [0.2, 0.25) is 0 Å². The average Bonchev–Trinajstić information content (AvgIpc) is 3.16. The summed E-state index contributed by atoms with van der Waals surface area (Å²) >= 11 is 0. The van der Waals surface area contributed by atoms with E-state index >= 15 is 0 Å². The van der Waals surface area contributed by atoms with E-state index in [9.17, 15) is 9.18 Å². The van der Waals surface area contributed by atoms with E-state index in [2.05, 4.69) is 17.3 Å². The maximum Gasteiger partial charge on any atom is 0.267 e. The quantitative estimate of drug-likeness (QED) is 0.637. The number of nitrogens with one attached hydrogen (secondary N) is 1. The maximum absolute atomic E-state index is 14.4. The molecule has 1 aliphatic rings. The van der Waals surface area contributed by atoms with Crippen molar-refractivity contribution in [1.82, 2.24) is 10.3 Å². The first-order valence-corrected chi connectivity index (χ1v) is 10.1. The van der Waals surface area contributed by atoms with Gasteiger partial charge < -0.3 is 10.1 Å². The molecule has 0 spiro atoms. The van der Waals surface area contributed by atoms with Crippen LogP contribution >= 0.6 is 0 Å². The predicted octanol–water partition coefficient (Wildman–Crippen LogP) is 4.44. The molecule has 2 aromatic carbocycles. The van der Waals surface area contributed by atoms with Gasteiger partial charge in [-0.2, -0.15) is 5.10 Å². The summed E-state index contributed by atoms with van der Waals surface area (Å²) in [7, 11) is 1.61. The summed E-state index contributed by atoms with van der Waals surface area (Å²) in [5.74, 6) is 0.241. The van der Waals surface area contributed by atoms with Gasteiger partial charge in [0.15, 0.2) is 0 Å². The fraction of sp³-hybridized carbons (Fsp3) is 0.391. The van der Waals surface area contributed by atoms with Crippen molar-refractivity contribution >= 4 is 11.6 Å². The summed E-state index contributed by atoms with van der Waals surface area (Å²) in [5, 5.41) is 9.34. The van der Waals surface area contributed by atoms with E-state index in [0.717, 1.165) is 30.6 Å². The zero-order valence-corrected chi connectivity index (χ0v) is 17.0. The van der Waals surface area contributed by atoms with Crippen molar-refractivity contribution in [2.24, 2.45) is 5.10 Å². The van der Waals surface area contributed by atoms with Crippen molar-refractivity contribution in [3.8, 4) is 5.75 Å². The summed E-state index contributed by atoms with van der Waals surface area (Å²) in [6.45, 7) is 3.19. The number of rotatable bonds is 9. The third-order valence-corrected chi connectivity index (χ3v) is 5.14. The Hall–Kier alpha value is -2.89. The van der Waals surface area contributed by atoms with Crippen LogP contribution in [-0.4, -0.2) is 30.3 Å². The highest BCUT2D eigenvalue weighted by atomic mass is 19.1. The molecular formula is C23H28FN3O2. The fourth-order valence-electron chi connectivity index (χ4n) is 3.56. The first-order chi connectivity index (χ1) is 14.1. The Kier molecular flexibility index (Phi) is 7.22. The molecule has 0 aliphatic carbocycles. The minimum absolute atomic E-state index is 0.227. The lowest BCUT2D eigenvalue weighted by Gasteiger charge is -2.24. The van der Waals surface area contributed by atoms with Crippen molar-refractivity contribution in [2.75, 3.05) is 13.7 Å². The Bertz CT molecular complexity index is 869. The Morgan fingerprint density at radius 2 is 1.97 bits per heavy atom. The SMILES string of the molecule is CCCCCN1N=C(C(=O)NCc2ccccc2OC)CC1c1ccccc1F. The van der Waals surface area contributed by atoms with Gasteiger partial charge in [-0.15, -0.1) is 0 Å². The summed E-state index contributed by atoms with van der Waals surface area (Å²) in [6.07, 6.45) is 3.52. The minimum atomic E-state index is -0.260. The van der Waals surface area contributed by atoms with Gasteiger partial charge in [0, 0.05) is 30.6 Å². The van der Waals surface area contributed by atoms with Crippen LogP contribution in [-0.2, 0) is 11.3 Å². The molecule has 1 aliphatic heterocycles. The number of hydrogen-bond donors (Lipinski definition) is 1. The van der Waals surface area contributed by atoms with E-state index in [4.69, 9.17) is 4.74 Å². The lowest BCUT2D eigenvalue weighted by atomic mass is 10.0. The van der Waals surface area contributed by atoms with Crippen LogP contribution in [0.15, 0.2) is 53.6 Å². The highest BCUT2D eigenvalue weighted by Crippen LogP contribution is 2.32. The van der Waals surface area contributed by atoms with Crippen molar-refractivity contribution < 1.29 is 13.9 Å². The predicted molar refractivity (Wildman–Crippen MR) is 112 cm³/mol. The molecule has 5 nitrogen and oxygen atoms in total. The van der Waals surface area contributed by atoms with Gasteiger partial charge in [-0.3, -0.25) is 9.80 Å². The lowest BCUT2D eigenvalue weighted by Crippen LogP contribution is -2.30. The third-order valence-electron chi connectivity index (χ3n) is 5.14. The molecule has 1 atom stereocenters. The number of para-hydroxylation sites is 1. The molecule has 154 valence electrons. The second kappa shape index (κ2) is 10.0. The van der Waals surface area contributed by atoms with Crippen LogP contribution in [0, 0.1) is 5.82 Å². The average molecular weight is 397 g/mol. The molecule has 0 aromatic heterocycles. The van der Waals surface area contributed by atoms with E-state index in [1.165, 1.54) is 6.07 Å². The lowest BCUT2D eigenvalue weighted by molar-refractivity contribution is -0.115. The Morgan fingerprint density at radius 3 is 2.72 bits per heavy atom. The van der Waals surface area contributed by atoms with E-state index in [0.29, 0.717) is 30.8 Å². The van der Waals surface area contributed by atoms with E-state index < -0.39 is 0 Å². The second-order valence-electron chi connectivity index (χ2n) is 7.15. The molecule has 1 amide bonds. The number of nitrogens with zero attached hydrogens (tertiary/aromatic N) is 2. The number of carbonyl (C=O) groups excluding carboxylic acids is 1. The molecule has 0 radical (unpaired) electrons. The van der Waals surface area contributed by atoms with E-state index in [1.807, 2.05) is 35.3 Å². The standard InChI is InChI=1S/C23H28FN3O2/c1-3-4-9-14-27-21(18-11-6-7-12-19(18)24)15-20(26-27)23(28)25-16-17-10-5-8-13-22(17)29-2/h5-8,10-13,21H,3-4,9,14-16H2,1-2H3,(H,25,28). The van der Waals surface area contributed by atoms with Gasteiger partial charge in [0.05, 0.1) is 13.2 Å². The van der Waals surface area contributed by atoms with Crippen LogP contribution < -0.4 is 10.1 Å². The largest absolute Gasteiger partial charge is 0.496 e. The number of carbonyl (C=O) groups is 1. The highest BCUT2D eigenvalue weighted by molar-refractivity contribution is 6.39. The Morgan fingerprint density at radius 1 is 1.21 bits per heavy atom. The summed E-state index contributed by atoms with van der Waals surface area (Å²) < 4.78 is 19.7. The fourth-order valence-corrected chi connectivity index (χ4v) is 3.56. The first-order valence-electron chi connectivity index (χ1n) is 10.1.